The van der Waals surface area contributed by atoms with E-state index in [-0.39, 0.29) is 36.2 Å². The highest BCUT2D eigenvalue weighted by Gasteiger charge is 2.34. The molecule has 0 spiro atoms. The van der Waals surface area contributed by atoms with Crippen molar-refractivity contribution in [3.8, 4) is 0 Å². The molecule has 2 aliphatic rings. The number of amides is 2. The second kappa shape index (κ2) is 8.09. The molecule has 1 unspecified atom stereocenters. The van der Waals surface area contributed by atoms with Crippen molar-refractivity contribution in [1.29, 1.82) is 0 Å². The van der Waals surface area contributed by atoms with Gasteiger partial charge in [0.2, 0.25) is 11.8 Å². The smallest absolute Gasteiger partial charge is 0.282 e. The predicted octanol–water partition coefficient (Wildman–Crippen LogP) is 2.24. The first kappa shape index (κ1) is 21.3. The van der Waals surface area contributed by atoms with Crippen LogP contribution in [0.3, 0.4) is 0 Å². The minimum atomic E-state index is -3.94. The van der Waals surface area contributed by atoms with Crippen LogP contribution in [0, 0.1) is 0 Å². The molecule has 168 valence electrons. The van der Waals surface area contributed by atoms with E-state index in [1.54, 1.807) is 17.6 Å². The molecule has 9 nitrogen and oxygen atoms in total. The van der Waals surface area contributed by atoms with Crippen LogP contribution in [0.25, 0.3) is 10.2 Å². The third-order valence-electron chi connectivity index (χ3n) is 5.72. The van der Waals surface area contributed by atoms with Gasteiger partial charge in [-0.15, -0.1) is 11.3 Å². The van der Waals surface area contributed by atoms with Gasteiger partial charge in [0.25, 0.3) is 10.0 Å². The lowest BCUT2D eigenvalue weighted by Gasteiger charge is -2.18. The predicted molar refractivity (Wildman–Crippen MR) is 126 cm³/mol. The van der Waals surface area contributed by atoms with E-state index in [1.807, 2.05) is 18.2 Å². The first-order valence-corrected chi connectivity index (χ1v) is 12.4. The molecule has 0 radical (unpaired) electrons. The molecule has 3 heterocycles. The van der Waals surface area contributed by atoms with Gasteiger partial charge in [-0.25, -0.2) is 4.98 Å². The number of nitrogens with two attached hydrogens (primary N) is 1. The number of nitrogens with one attached hydrogen (secondary N) is 1. The Morgan fingerprint density at radius 2 is 2.09 bits per heavy atom. The van der Waals surface area contributed by atoms with Crippen molar-refractivity contribution in [2.45, 2.75) is 17.2 Å². The number of thiazole rings is 1. The van der Waals surface area contributed by atoms with E-state index in [4.69, 9.17) is 5.73 Å². The highest BCUT2D eigenvalue weighted by Crippen LogP contribution is 2.35. The Kier molecular flexibility index (Phi) is 5.22. The summed E-state index contributed by atoms with van der Waals surface area (Å²) < 4.78 is 29.8. The first-order valence-electron chi connectivity index (χ1n) is 10.1. The van der Waals surface area contributed by atoms with Crippen LogP contribution in [0.15, 0.2) is 68.5 Å². The number of carbonyl (C=O) groups is 2. The van der Waals surface area contributed by atoms with Gasteiger partial charge in [0.1, 0.15) is 0 Å². The largest absolute Gasteiger partial charge is 0.400 e. The Labute approximate surface area is 193 Å². The number of nitrogens with zero attached hydrogens (tertiary/aromatic N) is 3. The summed E-state index contributed by atoms with van der Waals surface area (Å²) in [5.41, 5.74) is 10.8. The van der Waals surface area contributed by atoms with Gasteiger partial charge in [0.05, 0.1) is 33.1 Å². The fraction of sp³-hybridized carbons (Fsp3) is 0.182. The zero-order valence-electron chi connectivity index (χ0n) is 17.3. The zero-order chi connectivity index (χ0) is 23.2. The third-order valence-corrected chi connectivity index (χ3v) is 7.75. The summed E-state index contributed by atoms with van der Waals surface area (Å²) in [4.78, 5) is 30.9. The molecule has 0 bridgehead atoms. The Morgan fingerprint density at radius 3 is 2.94 bits per heavy atom. The van der Waals surface area contributed by atoms with Crippen LogP contribution in [0.4, 0.5) is 5.69 Å². The number of benzene rings is 2. The first-order chi connectivity index (χ1) is 15.8. The number of para-hydroxylation sites is 1. The molecule has 2 aliphatic heterocycles. The molecule has 11 heteroatoms. The maximum Gasteiger partial charge on any atom is 0.282 e. The van der Waals surface area contributed by atoms with Crippen LogP contribution in [0.1, 0.15) is 17.9 Å². The molecule has 33 heavy (non-hydrogen) atoms. The van der Waals surface area contributed by atoms with Crippen LogP contribution in [0.2, 0.25) is 0 Å². The van der Waals surface area contributed by atoms with E-state index < -0.39 is 15.9 Å². The average Bonchev–Trinajstić information content (AvgIpc) is 3.49. The van der Waals surface area contributed by atoms with E-state index in [9.17, 15) is 18.0 Å². The quantitative estimate of drug-likeness (QED) is 0.537. The lowest BCUT2D eigenvalue weighted by atomic mass is 9.96. The van der Waals surface area contributed by atoms with Gasteiger partial charge < -0.3 is 16.0 Å². The van der Waals surface area contributed by atoms with Crippen LogP contribution in [-0.4, -0.2) is 49.4 Å². The van der Waals surface area contributed by atoms with Crippen molar-refractivity contribution in [3.63, 3.8) is 0 Å². The third kappa shape index (κ3) is 4.00. The molecule has 3 aromatic rings. The summed E-state index contributed by atoms with van der Waals surface area (Å²) in [5, 5.41) is 2.79. The number of fused-ring (bicyclic) bond motifs is 2. The van der Waals surface area contributed by atoms with Crippen LogP contribution >= 0.6 is 11.3 Å². The second-order valence-electron chi connectivity index (χ2n) is 7.82. The van der Waals surface area contributed by atoms with Gasteiger partial charge in [-0.05, 0) is 29.8 Å². The topological polar surface area (TPSA) is 135 Å². The second-order valence-corrected chi connectivity index (χ2v) is 10.3. The minimum Gasteiger partial charge on any atom is -0.400 e. The van der Waals surface area contributed by atoms with Crippen molar-refractivity contribution < 1.29 is 18.0 Å². The maximum atomic E-state index is 12.9. The Hall–Kier alpha value is -3.57. The van der Waals surface area contributed by atoms with Crippen molar-refractivity contribution in [3.05, 3.63) is 64.8 Å². The monoisotopic (exact) mass is 481 g/mol. The number of rotatable bonds is 5. The molecule has 5 rings (SSSR count). The summed E-state index contributed by atoms with van der Waals surface area (Å²) in [5.74, 6) is -1.01. The van der Waals surface area contributed by atoms with Gasteiger partial charge in [-0.2, -0.15) is 12.8 Å². The van der Waals surface area contributed by atoms with Gasteiger partial charge in [-0.1, -0.05) is 18.2 Å². The fourth-order valence-electron chi connectivity index (χ4n) is 3.94. The number of aromatic nitrogens is 1. The van der Waals surface area contributed by atoms with Crippen molar-refractivity contribution in [2.75, 3.05) is 18.4 Å². The number of carbonyl (C=O) groups excluding carboxylic acids is 2. The van der Waals surface area contributed by atoms with Gasteiger partial charge in [0.15, 0.2) is 0 Å². The molecule has 3 N–H and O–H groups in total. The molecule has 0 fully saturated rings. The Morgan fingerprint density at radius 1 is 1.27 bits per heavy atom. The highest BCUT2D eigenvalue weighted by molar-refractivity contribution is 7.90. The number of sulfonamides is 1. The number of hydrogen-bond acceptors (Lipinski definition) is 7. The van der Waals surface area contributed by atoms with Crippen molar-refractivity contribution >= 4 is 55.3 Å². The molecule has 0 saturated carbocycles. The van der Waals surface area contributed by atoms with E-state index in [2.05, 4.69) is 14.7 Å². The maximum absolute atomic E-state index is 12.9. The molecule has 1 atom stereocenters. The molecule has 2 aromatic carbocycles. The van der Waals surface area contributed by atoms with E-state index in [1.165, 1.54) is 34.6 Å². The van der Waals surface area contributed by atoms with E-state index >= 15 is 0 Å². The van der Waals surface area contributed by atoms with E-state index in [0.29, 0.717) is 17.0 Å². The fourth-order valence-corrected chi connectivity index (χ4v) is 5.63. The summed E-state index contributed by atoms with van der Waals surface area (Å²) in [7, 11) is -3.94. The summed E-state index contributed by atoms with van der Waals surface area (Å²) >= 11 is 1.34. The standard InChI is InChI=1S/C22H19N5O4S2/c23-17-11-27(21(28)8-16-15-3-1-2-4-18(15)26-22(16)29)10-13(17)9-25-33(30,31)14-5-6-19-20(7-14)32-12-24-19/h1-7,9,12,16H,8,10-11,23H2,(H,26,29)/b25-9+. The molecule has 2 amide bonds. The lowest BCUT2D eigenvalue weighted by molar-refractivity contribution is -0.132. The SMILES string of the molecule is NC1=C(/C=N/S(=O)(=O)c2ccc3ncsc3c2)CN(C(=O)CC2C(=O)Nc3ccccc32)C1. The minimum absolute atomic E-state index is 0.00765. The molecular formula is C22H19N5O4S2. The van der Waals surface area contributed by atoms with Crippen molar-refractivity contribution in [2.24, 2.45) is 10.1 Å². The summed E-state index contributed by atoms with van der Waals surface area (Å²) in [6.45, 7) is 0.288. The summed E-state index contributed by atoms with van der Waals surface area (Å²) in [6.07, 6.45) is 1.21. The number of hydrogen-bond donors (Lipinski definition) is 2. The highest BCUT2D eigenvalue weighted by atomic mass is 32.2. The molecule has 0 saturated heterocycles. The van der Waals surface area contributed by atoms with Gasteiger partial charge >= 0.3 is 0 Å². The van der Waals surface area contributed by atoms with Crippen molar-refractivity contribution in [1.82, 2.24) is 9.88 Å². The van der Waals surface area contributed by atoms with Crippen LogP contribution < -0.4 is 11.1 Å². The number of anilines is 1. The Bertz CT molecular complexity index is 1460. The van der Waals surface area contributed by atoms with Gasteiger partial charge in [-0.3, -0.25) is 9.59 Å². The molecule has 1 aromatic heterocycles. The van der Waals surface area contributed by atoms with Crippen LogP contribution in [-0.2, 0) is 19.6 Å². The zero-order valence-corrected chi connectivity index (χ0v) is 18.9. The van der Waals surface area contributed by atoms with Crippen LogP contribution in [0.5, 0.6) is 0 Å². The molecule has 0 aliphatic carbocycles. The molecular weight excluding hydrogens is 462 g/mol. The lowest BCUT2D eigenvalue weighted by Crippen LogP contribution is -2.32. The summed E-state index contributed by atoms with van der Waals surface area (Å²) in [6, 6.07) is 11.9. The normalized spacial score (nSPS) is 18.4. The average molecular weight is 482 g/mol. The van der Waals surface area contributed by atoms with Gasteiger partial charge in [0, 0.05) is 36.1 Å². The Balaban J connectivity index is 1.27. The van der Waals surface area contributed by atoms with E-state index in [0.717, 1.165) is 15.8 Å².